The van der Waals surface area contributed by atoms with Gasteiger partial charge in [0.05, 0.1) is 0 Å². The summed E-state index contributed by atoms with van der Waals surface area (Å²) in [6, 6.07) is 7.66. The van der Waals surface area contributed by atoms with Crippen molar-refractivity contribution in [3.63, 3.8) is 0 Å². The van der Waals surface area contributed by atoms with Crippen molar-refractivity contribution in [1.82, 2.24) is 14.4 Å². The summed E-state index contributed by atoms with van der Waals surface area (Å²) in [5.41, 5.74) is 0.957. The van der Waals surface area contributed by atoms with Crippen molar-refractivity contribution in [1.29, 1.82) is 0 Å². The van der Waals surface area contributed by atoms with Crippen LogP contribution in [0.3, 0.4) is 0 Å². The van der Waals surface area contributed by atoms with Gasteiger partial charge in [-0.2, -0.15) is 0 Å². The third-order valence-electron chi connectivity index (χ3n) is 5.19. The third-order valence-corrected chi connectivity index (χ3v) is 5.43. The predicted octanol–water partition coefficient (Wildman–Crippen LogP) is 2.14. The van der Waals surface area contributed by atoms with Crippen molar-refractivity contribution in [3.8, 4) is 0 Å². The first kappa shape index (κ1) is 17.4. The van der Waals surface area contributed by atoms with E-state index in [0.717, 1.165) is 23.7 Å². The van der Waals surface area contributed by atoms with Gasteiger partial charge in [-0.3, -0.25) is 9.59 Å². The average molecular weight is 376 g/mol. The van der Waals surface area contributed by atoms with Crippen molar-refractivity contribution in [3.05, 3.63) is 35.5 Å². The van der Waals surface area contributed by atoms with Crippen LogP contribution in [-0.4, -0.2) is 65.1 Å². The molecule has 0 spiro atoms. The van der Waals surface area contributed by atoms with Crippen LogP contribution in [0.15, 0.2) is 30.5 Å². The number of ether oxygens (including phenoxy) is 1. The van der Waals surface area contributed by atoms with Crippen LogP contribution in [-0.2, 0) is 20.9 Å². The van der Waals surface area contributed by atoms with Crippen LogP contribution in [0.4, 0.5) is 0 Å². The molecule has 2 amide bonds. The van der Waals surface area contributed by atoms with Crippen LogP contribution in [0.2, 0.25) is 5.02 Å². The minimum absolute atomic E-state index is 0.0618. The highest BCUT2D eigenvalue weighted by atomic mass is 35.5. The monoisotopic (exact) mass is 375 g/mol. The Labute approximate surface area is 157 Å². The van der Waals surface area contributed by atoms with E-state index in [1.165, 1.54) is 0 Å². The number of hydrogen-bond donors (Lipinski definition) is 0. The Kier molecular flexibility index (Phi) is 4.87. The number of carbonyl (C=O) groups excluding carboxylic acids is 2. The number of benzene rings is 1. The Hall–Kier alpha value is -2.05. The average Bonchev–Trinajstić information content (AvgIpc) is 3.32. The van der Waals surface area contributed by atoms with E-state index < -0.39 is 0 Å². The Morgan fingerprint density at radius 1 is 1.12 bits per heavy atom. The number of nitrogens with zero attached hydrogens (tertiary/aromatic N) is 3. The van der Waals surface area contributed by atoms with E-state index in [9.17, 15) is 9.59 Å². The zero-order valence-electron chi connectivity index (χ0n) is 14.6. The SMILES string of the molecule is O=C(Cn1ccc2ccc(Cl)cc21)N1CCN(C(=O)C2CCCO2)CC1. The maximum absolute atomic E-state index is 12.7. The molecule has 0 N–H and O–H groups in total. The molecule has 7 heteroatoms. The van der Waals surface area contributed by atoms with Crippen molar-refractivity contribution in [2.75, 3.05) is 32.8 Å². The largest absolute Gasteiger partial charge is 0.368 e. The van der Waals surface area contributed by atoms with E-state index in [1.807, 2.05) is 44.8 Å². The Balaban J connectivity index is 1.36. The van der Waals surface area contributed by atoms with Crippen LogP contribution in [0, 0.1) is 0 Å². The van der Waals surface area contributed by atoms with Crippen LogP contribution in [0.1, 0.15) is 12.8 Å². The molecule has 4 rings (SSSR count). The minimum atomic E-state index is -0.284. The summed E-state index contributed by atoms with van der Waals surface area (Å²) in [7, 11) is 0. The number of amides is 2. The second-order valence-electron chi connectivity index (χ2n) is 6.85. The van der Waals surface area contributed by atoms with Gasteiger partial charge in [0.15, 0.2) is 0 Å². The summed E-state index contributed by atoms with van der Waals surface area (Å²) in [6.07, 6.45) is 3.38. The maximum Gasteiger partial charge on any atom is 0.251 e. The molecular weight excluding hydrogens is 354 g/mol. The van der Waals surface area contributed by atoms with E-state index in [1.54, 1.807) is 0 Å². The van der Waals surface area contributed by atoms with E-state index >= 15 is 0 Å². The van der Waals surface area contributed by atoms with E-state index in [-0.39, 0.29) is 24.5 Å². The summed E-state index contributed by atoms with van der Waals surface area (Å²) in [6.45, 7) is 3.23. The standard InChI is InChI=1S/C19H22ClN3O3/c20-15-4-3-14-5-6-23(16(14)12-15)13-18(24)21-7-9-22(10-8-21)19(25)17-2-1-11-26-17/h3-6,12,17H,1-2,7-11,13H2. The molecule has 0 aliphatic carbocycles. The van der Waals surface area contributed by atoms with Crippen molar-refractivity contribution < 1.29 is 14.3 Å². The van der Waals surface area contributed by atoms with E-state index in [4.69, 9.17) is 16.3 Å². The molecule has 1 unspecified atom stereocenters. The fraction of sp³-hybridized carbons (Fsp3) is 0.474. The zero-order chi connectivity index (χ0) is 18.1. The molecule has 26 heavy (non-hydrogen) atoms. The van der Waals surface area contributed by atoms with Crippen molar-refractivity contribution in [2.45, 2.75) is 25.5 Å². The lowest BCUT2D eigenvalue weighted by Gasteiger charge is -2.35. The summed E-state index contributed by atoms with van der Waals surface area (Å²) in [5.74, 6) is 0.132. The smallest absolute Gasteiger partial charge is 0.251 e. The van der Waals surface area contributed by atoms with Gasteiger partial charge in [-0.1, -0.05) is 17.7 Å². The molecule has 0 bridgehead atoms. The molecule has 2 aromatic rings. The van der Waals surface area contributed by atoms with Crippen LogP contribution in [0.5, 0.6) is 0 Å². The predicted molar refractivity (Wildman–Crippen MR) is 99.1 cm³/mol. The Morgan fingerprint density at radius 2 is 1.88 bits per heavy atom. The first-order chi connectivity index (χ1) is 12.6. The highest BCUT2D eigenvalue weighted by Gasteiger charge is 2.31. The molecule has 2 saturated heterocycles. The van der Waals surface area contributed by atoms with Gasteiger partial charge in [0, 0.05) is 49.5 Å². The van der Waals surface area contributed by atoms with Crippen LogP contribution in [0.25, 0.3) is 10.9 Å². The molecule has 2 aliphatic rings. The topological polar surface area (TPSA) is 54.8 Å². The first-order valence-electron chi connectivity index (χ1n) is 9.04. The normalized spacial score (nSPS) is 20.7. The van der Waals surface area contributed by atoms with Gasteiger partial charge in [-0.05, 0) is 36.4 Å². The Morgan fingerprint density at radius 3 is 2.62 bits per heavy atom. The molecule has 1 atom stereocenters. The second-order valence-corrected chi connectivity index (χ2v) is 7.29. The molecule has 0 saturated carbocycles. The highest BCUT2D eigenvalue weighted by molar-refractivity contribution is 6.31. The molecular formula is C19H22ClN3O3. The number of halogens is 1. The molecule has 138 valence electrons. The first-order valence-corrected chi connectivity index (χ1v) is 9.42. The lowest BCUT2D eigenvalue weighted by Crippen LogP contribution is -2.53. The quantitative estimate of drug-likeness (QED) is 0.826. The maximum atomic E-state index is 12.7. The van der Waals surface area contributed by atoms with Gasteiger partial charge in [0.2, 0.25) is 5.91 Å². The lowest BCUT2D eigenvalue weighted by atomic mass is 10.2. The molecule has 2 fully saturated rings. The zero-order valence-corrected chi connectivity index (χ0v) is 15.3. The van der Waals surface area contributed by atoms with Gasteiger partial charge in [0.1, 0.15) is 12.6 Å². The molecule has 0 radical (unpaired) electrons. The van der Waals surface area contributed by atoms with Crippen LogP contribution >= 0.6 is 11.6 Å². The van der Waals surface area contributed by atoms with Gasteiger partial charge < -0.3 is 19.1 Å². The number of aromatic nitrogens is 1. The Bertz CT molecular complexity index is 821. The third kappa shape index (κ3) is 3.44. The number of piperazine rings is 1. The van der Waals surface area contributed by atoms with Gasteiger partial charge >= 0.3 is 0 Å². The van der Waals surface area contributed by atoms with Gasteiger partial charge in [-0.15, -0.1) is 0 Å². The number of hydrogen-bond acceptors (Lipinski definition) is 3. The molecule has 1 aromatic heterocycles. The highest BCUT2D eigenvalue weighted by Crippen LogP contribution is 2.21. The molecule has 2 aliphatic heterocycles. The van der Waals surface area contributed by atoms with E-state index in [0.29, 0.717) is 37.8 Å². The fourth-order valence-corrected chi connectivity index (χ4v) is 3.86. The lowest BCUT2D eigenvalue weighted by molar-refractivity contribution is -0.146. The summed E-state index contributed by atoms with van der Waals surface area (Å²) < 4.78 is 7.40. The number of fused-ring (bicyclic) bond motifs is 1. The van der Waals surface area contributed by atoms with Crippen molar-refractivity contribution in [2.24, 2.45) is 0 Å². The van der Waals surface area contributed by atoms with Crippen LogP contribution < -0.4 is 0 Å². The summed E-state index contributed by atoms with van der Waals surface area (Å²) in [4.78, 5) is 28.7. The second kappa shape index (κ2) is 7.29. The number of carbonyl (C=O) groups is 2. The van der Waals surface area contributed by atoms with Crippen molar-refractivity contribution >= 4 is 34.3 Å². The minimum Gasteiger partial charge on any atom is -0.368 e. The van der Waals surface area contributed by atoms with E-state index in [2.05, 4.69) is 0 Å². The number of rotatable bonds is 3. The fourth-order valence-electron chi connectivity index (χ4n) is 3.69. The van der Waals surface area contributed by atoms with Gasteiger partial charge in [-0.25, -0.2) is 0 Å². The molecule has 6 nitrogen and oxygen atoms in total. The molecule has 3 heterocycles. The summed E-state index contributed by atoms with van der Waals surface area (Å²) in [5, 5.41) is 1.72. The van der Waals surface area contributed by atoms with Gasteiger partial charge in [0.25, 0.3) is 5.91 Å². The summed E-state index contributed by atoms with van der Waals surface area (Å²) >= 11 is 6.08. The molecule has 1 aromatic carbocycles.